The second kappa shape index (κ2) is 8.55. The first-order chi connectivity index (χ1) is 17.4. The van der Waals surface area contributed by atoms with Crippen LogP contribution in [0.3, 0.4) is 0 Å². The van der Waals surface area contributed by atoms with E-state index in [1.165, 1.54) is 11.8 Å². The fourth-order valence-electron chi connectivity index (χ4n) is 5.66. The molecule has 1 aromatic carbocycles. The van der Waals surface area contributed by atoms with Crippen LogP contribution in [-0.4, -0.2) is 61.9 Å². The normalized spacial score (nSPS) is 29.5. The third-order valence-corrected chi connectivity index (χ3v) is 7.75. The van der Waals surface area contributed by atoms with Crippen LogP contribution in [0.4, 0.5) is 17.6 Å². The molecule has 5 atom stereocenters. The molecular formula is C24H24F4N4O5. The van der Waals surface area contributed by atoms with Gasteiger partial charge in [-0.15, -0.1) is 0 Å². The third-order valence-electron chi connectivity index (χ3n) is 7.75. The van der Waals surface area contributed by atoms with Gasteiger partial charge in [-0.2, -0.15) is 5.06 Å². The molecule has 198 valence electrons. The highest BCUT2D eigenvalue weighted by Crippen LogP contribution is 2.50. The van der Waals surface area contributed by atoms with Crippen LogP contribution < -0.4 is 11.2 Å². The predicted octanol–water partition coefficient (Wildman–Crippen LogP) is 2.16. The molecule has 1 spiro atoms. The average molecular weight is 524 g/mol. The van der Waals surface area contributed by atoms with Crippen LogP contribution in [0.15, 0.2) is 23.1 Å². The quantitative estimate of drug-likeness (QED) is 0.595. The van der Waals surface area contributed by atoms with Crippen molar-refractivity contribution in [2.45, 2.75) is 63.1 Å². The van der Waals surface area contributed by atoms with Crippen LogP contribution in [0.1, 0.15) is 59.1 Å². The molecule has 2 saturated heterocycles. The minimum Gasteiger partial charge on any atom is -0.503 e. The van der Waals surface area contributed by atoms with Gasteiger partial charge < -0.3 is 20.3 Å². The van der Waals surface area contributed by atoms with Crippen LogP contribution in [0.5, 0.6) is 5.75 Å². The molecule has 3 aliphatic rings. The Kier molecular flexibility index (Phi) is 5.83. The molecular weight excluding hydrogens is 500 g/mol. The van der Waals surface area contributed by atoms with Crippen LogP contribution >= 0.6 is 0 Å². The van der Waals surface area contributed by atoms with Crippen LogP contribution in [-0.2, 0) is 11.4 Å². The molecule has 2 amide bonds. The highest BCUT2D eigenvalue weighted by atomic mass is 19.1. The summed E-state index contributed by atoms with van der Waals surface area (Å²) >= 11 is 0. The number of amides is 2. The summed E-state index contributed by atoms with van der Waals surface area (Å²) in [5, 5.41) is 11.7. The third kappa shape index (κ3) is 3.62. The molecule has 2 bridgehead atoms. The lowest BCUT2D eigenvalue weighted by Gasteiger charge is -2.43. The van der Waals surface area contributed by atoms with Crippen molar-refractivity contribution >= 4 is 11.8 Å². The summed E-state index contributed by atoms with van der Waals surface area (Å²) in [6.07, 6.45) is -0.432. The number of carbonyl (C=O) groups excluding carboxylic acids is 2. The number of halogens is 4. The van der Waals surface area contributed by atoms with E-state index in [1.807, 2.05) is 0 Å². The Morgan fingerprint density at radius 3 is 2.49 bits per heavy atom. The predicted molar refractivity (Wildman–Crippen MR) is 120 cm³/mol. The number of primary amides is 1. The number of nitrogens with zero attached hydrogens (tertiary/aromatic N) is 3. The second-order valence-electron chi connectivity index (χ2n) is 9.81. The molecule has 0 radical (unpaired) electrons. The van der Waals surface area contributed by atoms with Crippen molar-refractivity contribution in [2.24, 2.45) is 5.73 Å². The van der Waals surface area contributed by atoms with Crippen LogP contribution in [0, 0.1) is 17.5 Å². The Balaban J connectivity index is 1.64. The number of alkyl halides is 1. The van der Waals surface area contributed by atoms with Crippen molar-refractivity contribution < 1.29 is 37.1 Å². The molecule has 3 aliphatic heterocycles. The van der Waals surface area contributed by atoms with Gasteiger partial charge in [0, 0.05) is 36.5 Å². The number of hydrogen-bond acceptors (Lipinski definition) is 6. The Morgan fingerprint density at radius 2 is 1.86 bits per heavy atom. The van der Waals surface area contributed by atoms with E-state index in [2.05, 4.69) is 0 Å². The number of carbonyl (C=O) groups is 2. The van der Waals surface area contributed by atoms with Crippen LogP contribution in [0.25, 0.3) is 0 Å². The first kappa shape index (κ1) is 25.2. The summed E-state index contributed by atoms with van der Waals surface area (Å²) < 4.78 is 59.6. The number of pyridine rings is 1. The van der Waals surface area contributed by atoms with Crippen molar-refractivity contribution in [1.82, 2.24) is 14.5 Å². The standard InChI is InChI=1S/C24H24F4N4O5/c1-10-3-4-24(21(28)11(2)32(37-24)8-13-15(26)5-12(25)6-16(13)27)17-9-30(10)23(36)18-20(34)19(33)14(22(29)35)7-31(17)18/h5-7,10-11,17,21,34H,3-4,8-9H2,1-2H3,(H2,29,35)/t10-,11?,17+,21+,24+/m0/s1. The monoisotopic (exact) mass is 524 g/mol. The van der Waals surface area contributed by atoms with E-state index in [1.54, 1.807) is 6.92 Å². The number of rotatable bonds is 3. The zero-order valence-electron chi connectivity index (χ0n) is 19.9. The molecule has 2 aromatic rings. The van der Waals surface area contributed by atoms with Gasteiger partial charge in [-0.3, -0.25) is 19.2 Å². The van der Waals surface area contributed by atoms with Gasteiger partial charge in [-0.1, -0.05) is 0 Å². The molecule has 1 unspecified atom stereocenters. The number of benzene rings is 1. The number of fused-ring (bicyclic) bond motifs is 5. The summed E-state index contributed by atoms with van der Waals surface area (Å²) in [7, 11) is 0. The van der Waals surface area contributed by atoms with Gasteiger partial charge in [0.15, 0.2) is 17.6 Å². The fraction of sp³-hybridized carbons (Fsp3) is 0.458. The van der Waals surface area contributed by atoms with Gasteiger partial charge in [-0.25, -0.2) is 17.6 Å². The fourth-order valence-corrected chi connectivity index (χ4v) is 5.66. The van der Waals surface area contributed by atoms with E-state index >= 15 is 4.39 Å². The minimum atomic E-state index is -1.77. The first-order valence-electron chi connectivity index (χ1n) is 11.7. The molecule has 9 nitrogen and oxygen atoms in total. The number of hydrogen-bond donors (Lipinski definition) is 2. The first-order valence-corrected chi connectivity index (χ1v) is 11.7. The van der Waals surface area contributed by atoms with Gasteiger partial charge in [0.1, 0.15) is 28.6 Å². The average Bonchev–Trinajstić information content (AvgIpc) is 2.98. The van der Waals surface area contributed by atoms with Crippen molar-refractivity contribution in [3.05, 3.63) is 62.8 Å². The Hall–Kier alpha value is -3.45. The van der Waals surface area contributed by atoms with Crippen molar-refractivity contribution in [3.8, 4) is 5.75 Å². The number of hydroxylamine groups is 2. The van der Waals surface area contributed by atoms with Crippen molar-refractivity contribution in [1.29, 1.82) is 0 Å². The molecule has 1 aromatic heterocycles. The molecule has 3 N–H and O–H groups in total. The van der Waals surface area contributed by atoms with Crippen molar-refractivity contribution in [2.75, 3.05) is 6.54 Å². The lowest BCUT2D eigenvalue weighted by Crippen LogP contribution is -2.55. The smallest absolute Gasteiger partial charge is 0.274 e. The lowest BCUT2D eigenvalue weighted by atomic mass is 9.82. The molecule has 13 heteroatoms. The molecule has 0 aliphatic carbocycles. The molecule has 2 fully saturated rings. The summed E-state index contributed by atoms with van der Waals surface area (Å²) in [6, 6.07) is -1.47. The van der Waals surface area contributed by atoms with E-state index in [0.29, 0.717) is 12.1 Å². The molecule has 0 saturated carbocycles. The summed E-state index contributed by atoms with van der Waals surface area (Å²) in [4.78, 5) is 45.2. The van der Waals surface area contributed by atoms with Gasteiger partial charge in [0.05, 0.1) is 18.6 Å². The van der Waals surface area contributed by atoms with Gasteiger partial charge in [-0.05, 0) is 26.7 Å². The maximum atomic E-state index is 16.3. The van der Waals surface area contributed by atoms with E-state index < -0.39 is 93.7 Å². The van der Waals surface area contributed by atoms with Crippen LogP contribution in [0.2, 0.25) is 0 Å². The summed E-state index contributed by atoms with van der Waals surface area (Å²) in [6.45, 7) is 2.55. The highest BCUT2D eigenvalue weighted by molar-refractivity contribution is 5.99. The number of nitrogens with two attached hydrogens (primary N) is 1. The number of aromatic nitrogens is 1. The van der Waals surface area contributed by atoms with E-state index in [9.17, 15) is 32.7 Å². The Morgan fingerprint density at radius 1 is 1.22 bits per heavy atom. The SMILES string of the molecule is CC1[C@@H](F)[C@]2(CC[C@H](C)N3C[C@H]2n2cc(C(N)=O)c(=O)c(O)c2C3=O)ON1Cc1c(F)cc(F)cc1F. The minimum absolute atomic E-state index is 0.0528. The van der Waals surface area contributed by atoms with Gasteiger partial charge in [0.25, 0.3) is 11.8 Å². The van der Waals surface area contributed by atoms with E-state index in [4.69, 9.17) is 10.6 Å². The lowest BCUT2D eigenvalue weighted by molar-refractivity contribution is -0.230. The summed E-state index contributed by atoms with van der Waals surface area (Å²) in [5.41, 5.74) is 0.924. The molecule has 4 heterocycles. The molecule has 5 rings (SSSR count). The zero-order chi connectivity index (χ0) is 27.0. The maximum absolute atomic E-state index is 16.3. The highest BCUT2D eigenvalue weighted by Gasteiger charge is 2.62. The van der Waals surface area contributed by atoms with Gasteiger partial charge >= 0.3 is 0 Å². The molecule has 37 heavy (non-hydrogen) atoms. The second-order valence-corrected chi connectivity index (χ2v) is 9.81. The summed E-state index contributed by atoms with van der Waals surface area (Å²) in [5.74, 6) is -6.24. The Bertz CT molecular complexity index is 1360. The largest absolute Gasteiger partial charge is 0.503 e. The van der Waals surface area contributed by atoms with E-state index in [0.717, 1.165) is 15.8 Å². The Labute approximate surface area is 208 Å². The van der Waals surface area contributed by atoms with Gasteiger partial charge in [0.2, 0.25) is 5.43 Å². The van der Waals surface area contributed by atoms with E-state index in [-0.39, 0.29) is 19.4 Å². The maximum Gasteiger partial charge on any atom is 0.274 e. The van der Waals surface area contributed by atoms with Crippen molar-refractivity contribution in [3.63, 3.8) is 0 Å². The topological polar surface area (TPSA) is 118 Å². The zero-order valence-corrected chi connectivity index (χ0v) is 19.9. The number of aromatic hydroxyl groups is 1.